The van der Waals surface area contributed by atoms with E-state index in [2.05, 4.69) is 49.7 Å². The van der Waals surface area contributed by atoms with E-state index in [1.807, 2.05) is 0 Å². The van der Waals surface area contributed by atoms with Crippen molar-refractivity contribution in [2.75, 3.05) is 12.8 Å². The molecule has 2 heteroatoms. The van der Waals surface area contributed by atoms with E-state index in [0.717, 1.165) is 6.54 Å². The summed E-state index contributed by atoms with van der Waals surface area (Å²) < 4.78 is 0. The van der Waals surface area contributed by atoms with Gasteiger partial charge < -0.3 is 5.32 Å². The van der Waals surface area contributed by atoms with Gasteiger partial charge in [-0.25, -0.2) is 0 Å². The fourth-order valence-electron chi connectivity index (χ4n) is 2.59. The van der Waals surface area contributed by atoms with Crippen molar-refractivity contribution in [1.82, 2.24) is 5.32 Å². The molecule has 0 saturated heterocycles. The number of unbranched alkanes of at least 4 members (excludes halogenated alkanes) is 7. The third-order valence-electron chi connectivity index (χ3n) is 4.10. The topological polar surface area (TPSA) is 12.0 Å². The molecule has 0 bridgehead atoms. The summed E-state index contributed by atoms with van der Waals surface area (Å²) >= 11 is 1.80. The number of hydrogen-bond donors (Lipinski definition) is 1. The summed E-state index contributed by atoms with van der Waals surface area (Å²) in [5, 5.41) is 3.64. The van der Waals surface area contributed by atoms with Crippen LogP contribution >= 0.6 is 11.8 Å². The molecular formula is C19H33NS. The molecule has 21 heavy (non-hydrogen) atoms. The monoisotopic (exact) mass is 307 g/mol. The predicted molar refractivity (Wildman–Crippen MR) is 97.3 cm³/mol. The molecule has 0 aromatic heterocycles. The maximum atomic E-state index is 3.64. The van der Waals surface area contributed by atoms with Gasteiger partial charge in [0.15, 0.2) is 0 Å². The van der Waals surface area contributed by atoms with Crippen molar-refractivity contribution in [3.05, 3.63) is 29.8 Å². The molecule has 1 aromatic rings. The van der Waals surface area contributed by atoms with Crippen LogP contribution in [0.15, 0.2) is 29.2 Å². The first kappa shape index (κ1) is 18.6. The van der Waals surface area contributed by atoms with E-state index in [1.165, 1.54) is 61.8 Å². The molecule has 1 N–H and O–H groups in total. The smallest absolute Gasteiger partial charge is 0.0291 e. The average Bonchev–Trinajstić information content (AvgIpc) is 2.53. The molecule has 1 atom stereocenters. The molecule has 0 aliphatic carbocycles. The van der Waals surface area contributed by atoms with Gasteiger partial charge in [-0.2, -0.15) is 0 Å². The van der Waals surface area contributed by atoms with Crippen LogP contribution in [-0.2, 0) is 0 Å². The summed E-state index contributed by atoms with van der Waals surface area (Å²) in [6.45, 7) is 5.68. The Hall–Kier alpha value is -0.470. The van der Waals surface area contributed by atoms with Crippen molar-refractivity contribution < 1.29 is 0 Å². The van der Waals surface area contributed by atoms with E-state index < -0.39 is 0 Å². The molecule has 0 radical (unpaired) electrons. The van der Waals surface area contributed by atoms with Crippen molar-refractivity contribution in [1.29, 1.82) is 0 Å². The highest BCUT2D eigenvalue weighted by molar-refractivity contribution is 7.98. The lowest BCUT2D eigenvalue weighted by Crippen LogP contribution is -2.19. The number of rotatable bonds is 12. The highest BCUT2D eigenvalue weighted by Crippen LogP contribution is 2.19. The normalized spacial score (nSPS) is 12.5. The lowest BCUT2D eigenvalue weighted by molar-refractivity contribution is 0.521. The molecule has 0 aliphatic rings. The minimum absolute atomic E-state index is 0.463. The number of benzene rings is 1. The fraction of sp³-hybridized carbons (Fsp3) is 0.684. The Kier molecular flexibility index (Phi) is 10.7. The highest BCUT2D eigenvalue weighted by Gasteiger charge is 2.03. The Balaban J connectivity index is 2.03. The van der Waals surface area contributed by atoms with Gasteiger partial charge in [-0.1, -0.05) is 64.0 Å². The van der Waals surface area contributed by atoms with Gasteiger partial charge >= 0.3 is 0 Å². The molecule has 0 heterocycles. The Bertz CT molecular complexity index is 347. The van der Waals surface area contributed by atoms with Crippen molar-refractivity contribution in [2.45, 2.75) is 76.2 Å². The van der Waals surface area contributed by atoms with Crippen LogP contribution in [0.1, 0.15) is 76.8 Å². The molecule has 0 fully saturated rings. The lowest BCUT2D eigenvalue weighted by atomic mass is 10.1. The largest absolute Gasteiger partial charge is 0.310 e. The van der Waals surface area contributed by atoms with E-state index in [-0.39, 0.29) is 0 Å². The van der Waals surface area contributed by atoms with Crippen molar-refractivity contribution >= 4 is 11.8 Å². The third-order valence-corrected chi connectivity index (χ3v) is 4.84. The van der Waals surface area contributed by atoms with E-state index >= 15 is 0 Å². The van der Waals surface area contributed by atoms with Gasteiger partial charge in [0, 0.05) is 10.9 Å². The third kappa shape index (κ3) is 8.53. The van der Waals surface area contributed by atoms with Crippen molar-refractivity contribution in [2.24, 2.45) is 0 Å². The summed E-state index contributed by atoms with van der Waals surface area (Å²) in [6, 6.07) is 9.39. The quantitative estimate of drug-likeness (QED) is 0.364. The second-order valence-corrected chi connectivity index (χ2v) is 6.80. The number of hydrogen-bond acceptors (Lipinski definition) is 2. The first-order valence-electron chi connectivity index (χ1n) is 8.65. The molecule has 1 unspecified atom stereocenters. The zero-order valence-corrected chi connectivity index (χ0v) is 15.0. The molecule has 1 aromatic carbocycles. The van der Waals surface area contributed by atoms with Gasteiger partial charge in [-0.05, 0) is 43.8 Å². The van der Waals surface area contributed by atoms with Crippen molar-refractivity contribution in [3.63, 3.8) is 0 Å². The van der Waals surface area contributed by atoms with E-state index in [9.17, 15) is 0 Å². The predicted octanol–water partition coefficient (Wildman–Crippen LogP) is 6.20. The summed E-state index contributed by atoms with van der Waals surface area (Å²) in [6.07, 6.45) is 13.2. The first-order valence-corrected chi connectivity index (χ1v) is 9.87. The Morgan fingerprint density at radius 2 is 1.48 bits per heavy atom. The second-order valence-electron chi connectivity index (χ2n) is 5.92. The van der Waals surface area contributed by atoms with E-state index in [4.69, 9.17) is 0 Å². The van der Waals surface area contributed by atoms with Crippen LogP contribution in [0.5, 0.6) is 0 Å². The minimum Gasteiger partial charge on any atom is -0.310 e. The van der Waals surface area contributed by atoms with Crippen LogP contribution in [0.2, 0.25) is 0 Å². The van der Waals surface area contributed by atoms with Crippen LogP contribution < -0.4 is 5.32 Å². The van der Waals surface area contributed by atoms with Crippen LogP contribution in [-0.4, -0.2) is 12.8 Å². The Morgan fingerprint density at radius 1 is 0.905 bits per heavy atom. The van der Waals surface area contributed by atoms with E-state index in [1.54, 1.807) is 11.8 Å². The van der Waals surface area contributed by atoms with Gasteiger partial charge in [-0.15, -0.1) is 11.8 Å². The molecule has 0 saturated carbocycles. The number of nitrogens with one attached hydrogen (secondary N) is 1. The summed E-state index contributed by atoms with van der Waals surface area (Å²) in [5.74, 6) is 0. The second kappa shape index (κ2) is 12.1. The van der Waals surface area contributed by atoms with Gasteiger partial charge in [0.05, 0.1) is 0 Å². The van der Waals surface area contributed by atoms with Crippen LogP contribution in [0.4, 0.5) is 0 Å². The zero-order chi connectivity index (χ0) is 15.3. The summed E-state index contributed by atoms with van der Waals surface area (Å²) in [7, 11) is 0. The maximum absolute atomic E-state index is 3.64. The first-order chi connectivity index (χ1) is 10.3. The molecule has 0 amide bonds. The maximum Gasteiger partial charge on any atom is 0.0291 e. The van der Waals surface area contributed by atoms with Gasteiger partial charge in [0.1, 0.15) is 0 Å². The van der Waals surface area contributed by atoms with Crippen molar-refractivity contribution in [3.8, 4) is 0 Å². The molecule has 1 rings (SSSR count). The zero-order valence-electron chi connectivity index (χ0n) is 14.2. The Labute approximate surface area is 136 Å². The molecule has 0 aliphatic heterocycles. The fourth-order valence-corrected chi connectivity index (χ4v) is 3.00. The van der Waals surface area contributed by atoms with Gasteiger partial charge in [-0.3, -0.25) is 0 Å². The van der Waals surface area contributed by atoms with Gasteiger partial charge in [0.2, 0.25) is 0 Å². The molecule has 0 spiro atoms. The standard InChI is InChI=1S/C19H33NS/c1-4-5-6-7-8-9-10-11-16-20-17(2)18-12-14-19(21-3)15-13-18/h12-15,17,20H,4-11,16H2,1-3H3. The lowest BCUT2D eigenvalue weighted by Gasteiger charge is -2.14. The minimum atomic E-state index is 0.463. The molecule has 120 valence electrons. The van der Waals surface area contributed by atoms with Gasteiger partial charge in [0.25, 0.3) is 0 Å². The number of thioether (sulfide) groups is 1. The van der Waals surface area contributed by atoms with Crippen LogP contribution in [0.25, 0.3) is 0 Å². The van der Waals surface area contributed by atoms with Crippen LogP contribution in [0, 0.1) is 0 Å². The molecule has 1 nitrogen and oxygen atoms in total. The summed E-state index contributed by atoms with van der Waals surface area (Å²) in [4.78, 5) is 1.34. The summed E-state index contributed by atoms with van der Waals surface area (Å²) in [5.41, 5.74) is 1.40. The van der Waals surface area contributed by atoms with E-state index in [0.29, 0.717) is 6.04 Å². The SMILES string of the molecule is CCCCCCCCCCNC(C)c1ccc(SC)cc1. The highest BCUT2D eigenvalue weighted by atomic mass is 32.2. The average molecular weight is 308 g/mol. The molecular weight excluding hydrogens is 274 g/mol. The van der Waals surface area contributed by atoms with Crippen LogP contribution in [0.3, 0.4) is 0 Å². The Morgan fingerprint density at radius 3 is 2.05 bits per heavy atom.